The summed E-state index contributed by atoms with van der Waals surface area (Å²) in [6, 6.07) is 10.4. The fraction of sp³-hybridized carbons (Fsp3) is 0.417. The van der Waals surface area contributed by atoms with Gasteiger partial charge in [0.05, 0.1) is 0 Å². The summed E-state index contributed by atoms with van der Waals surface area (Å²) in [5.74, 6) is 0.795. The molecule has 1 heterocycles. The van der Waals surface area contributed by atoms with Gasteiger partial charge in [-0.2, -0.15) is 0 Å². The first kappa shape index (κ1) is 10.8. The molecule has 0 saturated heterocycles. The molecule has 0 aromatic heterocycles. The normalized spacial score (nSPS) is 19.1. The lowest BCUT2D eigenvalue weighted by molar-refractivity contribution is 0.317. The summed E-state index contributed by atoms with van der Waals surface area (Å²) in [7, 11) is 0. The molecule has 2 rings (SSSR count). The van der Waals surface area contributed by atoms with E-state index in [-0.39, 0.29) is 6.04 Å². The highest BCUT2D eigenvalue weighted by Gasteiger charge is 2.16. The van der Waals surface area contributed by atoms with E-state index in [4.69, 9.17) is 4.74 Å². The minimum absolute atomic E-state index is 0.214. The van der Waals surface area contributed by atoms with Crippen LogP contribution >= 0.6 is 0 Å². The Morgan fingerprint density at radius 1 is 1.21 bits per heavy atom. The minimum atomic E-state index is 0.214. The van der Waals surface area contributed by atoms with Crippen molar-refractivity contribution in [2.45, 2.75) is 26.8 Å². The summed E-state index contributed by atoms with van der Waals surface area (Å²) in [6.45, 7) is 6.58. The first-order valence-corrected chi connectivity index (χ1v) is 5.08. The molecule has 2 heteroatoms. The predicted octanol–water partition coefficient (Wildman–Crippen LogP) is 3.20. The molecular formula is C12H17NO. The van der Waals surface area contributed by atoms with Gasteiger partial charge < -0.3 is 4.74 Å². The molecule has 0 bridgehead atoms. The molecule has 1 aromatic carbocycles. The van der Waals surface area contributed by atoms with Gasteiger partial charge in [-0.15, -0.1) is 0 Å². The molecule has 1 aliphatic heterocycles. The third-order valence-electron chi connectivity index (χ3n) is 1.97. The van der Waals surface area contributed by atoms with Crippen LogP contribution in [0, 0.1) is 0 Å². The third kappa shape index (κ3) is 2.59. The average molecular weight is 191 g/mol. The van der Waals surface area contributed by atoms with Crippen molar-refractivity contribution in [2.75, 3.05) is 6.61 Å². The average Bonchev–Trinajstić information content (AvgIpc) is 2.69. The van der Waals surface area contributed by atoms with Gasteiger partial charge in [-0.1, -0.05) is 44.2 Å². The van der Waals surface area contributed by atoms with Crippen molar-refractivity contribution in [1.29, 1.82) is 0 Å². The Labute approximate surface area is 85.6 Å². The Morgan fingerprint density at radius 2 is 1.86 bits per heavy atom. The van der Waals surface area contributed by atoms with E-state index >= 15 is 0 Å². The van der Waals surface area contributed by atoms with Gasteiger partial charge in [0.1, 0.15) is 12.6 Å². The van der Waals surface area contributed by atoms with Crippen molar-refractivity contribution in [3.05, 3.63) is 35.9 Å². The van der Waals surface area contributed by atoms with Crippen molar-refractivity contribution in [1.82, 2.24) is 0 Å². The molecule has 0 aliphatic carbocycles. The Hall–Kier alpha value is -1.31. The molecule has 0 fully saturated rings. The molecule has 1 aromatic rings. The Morgan fingerprint density at radius 3 is 2.36 bits per heavy atom. The fourth-order valence-electron chi connectivity index (χ4n) is 1.34. The maximum Gasteiger partial charge on any atom is 0.180 e. The van der Waals surface area contributed by atoms with E-state index in [1.165, 1.54) is 5.56 Å². The zero-order valence-corrected chi connectivity index (χ0v) is 9.03. The number of nitrogens with zero attached hydrogens (tertiary/aromatic N) is 1. The van der Waals surface area contributed by atoms with Gasteiger partial charge in [0, 0.05) is 6.92 Å². The number of hydrogen-bond acceptors (Lipinski definition) is 2. The molecule has 2 nitrogen and oxygen atoms in total. The van der Waals surface area contributed by atoms with Crippen LogP contribution in [-0.4, -0.2) is 12.5 Å². The third-order valence-corrected chi connectivity index (χ3v) is 1.97. The van der Waals surface area contributed by atoms with Crippen LogP contribution in [0.15, 0.2) is 35.3 Å². The zero-order chi connectivity index (χ0) is 10.4. The van der Waals surface area contributed by atoms with Crippen molar-refractivity contribution in [2.24, 2.45) is 4.99 Å². The molecule has 0 radical (unpaired) electrons. The molecule has 0 unspecified atom stereocenters. The quantitative estimate of drug-likeness (QED) is 0.668. The lowest BCUT2D eigenvalue weighted by Crippen LogP contribution is -1.96. The van der Waals surface area contributed by atoms with E-state index in [0.29, 0.717) is 6.61 Å². The Bertz CT molecular complexity index is 292. The number of rotatable bonds is 1. The number of ether oxygens (including phenoxy) is 1. The number of benzene rings is 1. The summed E-state index contributed by atoms with van der Waals surface area (Å²) < 4.78 is 5.27. The first-order chi connectivity index (χ1) is 6.86. The van der Waals surface area contributed by atoms with Crippen molar-refractivity contribution in [3.8, 4) is 0 Å². The number of aliphatic imine (C=N–C) groups is 1. The number of hydrogen-bond donors (Lipinski definition) is 0. The second-order valence-electron chi connectivity index (χ2n) is 2.89. The molecule has 14 heavy (non-hydrogen) atoms. The van der Waals surface area contributed by atoms with E-state index in [1.807, 2.05) is 39.0 Å². The van der Waals surface area contributed by atoms with Gasteiger partial charge in [0.25, 0.3) is 0 Å². The minimum Gasteiger partial charge on any atom is -0.479 e. The van der Waals surface area contributed by atoms with Crippen LogP contribution in [0.25, 0.3) is 0 Å². The molecule has 1 aliphatic rings. The van der Waals surface area contributed by atoms with Crippen LogP contribution < -0.4 is 0 Å². The molecule has 1 atom stereocenters. The molecule has 0 saturated carbocycles. The highest BCUT2D eigenvalue weighted by Crippen LogP contribution is 2.21. The Balaban J connectivity index is 0.000000461. The zero-order valence-electron chi connectivity index (χ0n) is 9.03. The molecule has 0 amide bonds. The van der Waals surface area contributed by atoms with E-state index in [1.54, 1.807) is 0 Å². The summed E-state index contributed by atoms with van der Waals surface area (Å²) in [6.07, 6.45) is 0. The summed E-state index contributed by atoms with van der Waals surface area (Å²) in [5, 5.41) is 0. The highest BCUT2D eigenvalue weighted by atomic mass is 16.5. The summed E-state index contributed by atoms with van der Waals surface area (Å²) in [4.78, 5) is 4.35. The molecule has 0 spiro atoms. The smallest absolute Gasteiger partial charge is 0.180 e. The fourth-order valence-corrected chi connectivity index (χ4v) is 1.34. The molecular weight excluding hydrogens is 174 g/mol. The van der Waals surface area contributed by atoms with Gasteiger partial charge in [-0.05, 0) is 5.56 Å². The lowest BCUT2D eigenvalue weighted by atomic mass is 10.1. The SMILES string of the molecule is CC.CC1=N[C@H](c2ccccc2)CO1. The second kappa shape index (κ2) is 5.43. The van der Waals surface area contributed by atoms with Crippen LogP contribution in [0.3, 0.4) is 0 Å². The standard InChI is InChI=1S/C10H11NO.C2H6/c1-8-11-10(7-12-8)9-5-3-2-4-6-9;1-2/h2-6,10H,7H2,1H3;1-2H3/t10-;/m0./s1. The van der Waals surface area contributed by atoms with Crippen LogP contribution in [0.2, 0.25) is 0 Å². The van der Waals surface area contributed by atoms with Gasteiger partial charge in [0.15, 0.2) is 5.90 Å². The van der Waals surface area contributed by atoms with Crippen LogP contribution in [0.5, 0.6) is 0 Å². The summed E-state index contributed by atoms with van der Waals surface area (Å²) in [5.41, 5.74) is 1.23. The van der Waals surface area contributed by atoms with E-state index in [2.05, 4.69) is 17.1 Å². The van der Waals surface area contributed by atoms with E-state index in [0.717, 1.165) is 5.90 Å². The van der Waals surface area contributed by atoms with Gasteiger partial charge >= 0.3 is 0 Å². The molecule has 76 valence electrons. The van der Waals surface area contributed by atoms with Crippen LogP contribution in [0.4, 0.5) is 0 Å². The largest absolute Gasteiger partial charge is 0.479 e. The van der Waals surface area contributed by atoms with Crippen molar-refractivity contribution in [3.63, 3.8) is 0 Å². The topological polar surface area (TPSA) is 21.6 Å². The van der Waals surface area contributed by atoms with E-state index < -0.39 is 0 Å². The van der Waals surface area contributed by atoms with Gasteiger partial charge in [-0.3, -0.25) is 0 Å². The first-order valence-electron chi connectivity index (χ1n) is 5.08. The maximum atomic E-state index is 5.27. The maximum absolute atomic E-state index is 5.27. The Kier molecular flexibility index (Phi) is 4.17. The van der Waals surface area contributed by atoms with E-state index in [9.17, 15) is 0 Å². The van der Waals surface area contributed by atoms with Crippen molar-refractivity contribution >= 4 is 5.90 Å². The van der Waals surface area contributed by atoms with Gasteiger partial charge in [-0.25, -0.2) is 4.99 Å². The lowest BCUT2D eigenvalue weighted by Gasteiger charge is -2.03. The van der Waals surface area contributed by atoms with Gasteiger partial charge in [0.2, 0.25) is 0 Å². The van der Waals surface area contributed by atoms with Crippen LogP contribution in [-0.2, 0) is 4.74 Å². The van der Waals surface area contributed by atoms with Crippen molar-refractivity contribution < 1.29 is 4.74 Å². The monoisotopic (exact) mass is 191 g/mol. The predicted molar refractivity (Wildman–Crippen MR) is 59.6 cm³/mol. The summed E-state index contributed by atoms with van der Waals surface area (Å²) >= 11 is 0. The highest BCUT2D eigenvalue weighted by molar-refractivity contribution is 5.74. The molecule has 0 N–H and O–H groups in total. The second-order valence-corrected chi connectivity index (χ2v) is 2.89. The van der Waals surface area contributed by atoms with Crippen LogP contribution in [0.1, 0.15) is 32.4 Å².